The lowest BCUT2D eigenvalue weighted by atomic mass is 10.0. The lowest BCUT2D eigenvalue weighted by molar-refractivity contribution is -0.124. The van der Waals surface area contributed by atoms with Crippen molar-refractivity contribution < 1.29 is 14.3 Å². The summed E-state index contributed by atoms with van der Waals surface area (Å²) < 4.78 is 13.2. The maximum absolute atomic E-state index is 12.8. The number of nitrogens with zero attached hydrogens (tertiary/aromatic N) is 2. The van der Waals surface area contributed by atoms with Crippen molar-refractivity contribution in [2.45, 2.75) is 32.9 Å². The zero-order chi connectivity index (χ0) is 22.5. The van der Waals surface area contributed by atoms with Gasteiger partial charge < -0.3 is 24.3 Å². The number of aromatic nitrogens is 3. The van der Waals surface area contributed by atoms with Gasteiger partial charge in [-0.3, -0.25) is 4.79 Å². The molecule has 0 aliphatic carbocycles. The maximum Gasteiger partial charge on any atom is 0.258 e. The molecule has 4 aromatic rings. The summed E-state index contributed by atoms with van der Waals surface area (Å²) in [7, 11) is 1.69. The number of hydrogen-bond acceptors (Lipinski definition) is 4. The number of rotatable bonds is 10. The quantitative estimate of drug-likeness (QED) is 0.386. The Hall–Kier alpha value is -3.32. The Kier molecular flexibility index (Phi) is 6.75. The molecule has 0 aliphatic rings. The van der Waals surface area contributed by atoms with Crippen LogP contribution in [0.4, 0.5) is 0 Å². The fraction of sp³-hybridized carbons (Fsp3) is 0.360. The predicted molar refractivity (Wildman–Crippen MR) is 126 cm³/mol. The first kappa shape index (κ1) is 21.9. The molecule has 0 aliphatic heterocycles. The van der Waals surface area contributed by atoms with Crippen molar-refractivity contribution in [2.24, 2.45) is 5.92 Å². The van der Waals surface area contributed by atoms with Crippen LogP contribution in [0.15, 0.2) is 54.7 Å². The molecule has 1 unspecified atom stereocenters. The minimum Gasteiger partial charge on any atom is -0.483 e. The van der Waals surface area contributed by atoms with Crippen LogP contribution in [0, 0.1) is 5.92 Å². The first-order valence-electron chi connectivity index (χ1n) is 11.0. The second-order valence-corrected chi connectivity index (χ2v) is 8.37. The molecule has 4 rings (SSSR count). The summed E-state index contributed by atoms with van der Waals surface area (Å²) in [6.45, 7) is 5.60. The number of carbonyl (C=O) groups excluding carboxylic acids is 1. The van der Waals surface area contributed by atoms with Crippen LogP contribution in [-0.2, 0) is 16.1 Å². The monoisotopic (exact) mass is 434 g/mol. The van der Waals surface area contributed by atoms with Gasteiger partial charge in [0.2, 0.25) is 0 Å². The Balaban J connectivity index is 1.45. The summed E-state index contributed by atoms with van der Waals surface area (Å²) in [4.78, 5) is 20.8. The van der Waals surface area contributed by atoms with Crippen LogP contribution in [0.2, 0.25) is 0 Å². The molecule has 7 nitrogen and oxygen atoms in total. The van der Waals surface area contributed by atoms with Gasteiger partial charge in [-0.2, -0.15) is 0 Å². The van der Waals surface area contributed by atoms with Crippen molar-refractivity contribution in [2.75, 3.05) is 20.3 Å². The van der Waals surface area contributed by atoms with E-state index in [1.54, 1.807) is 7.11 Å². The number of aromatic amines is 1. The first-order valence-corrected chi connectivity index (χ1v) is 11.0. The summed E-state index contributed by atoms with van der Waals surface area (Å²) in [6, 6.07) is 15.6. The van der Waals surface area contributed by atoms with Crippen LogP contribution in [0.3, 0.4) is 0 Å². The Morgan fingerprint density at radius 1 is 1.16 bits per heavy atom. The predicted octanol–water partition coefficient (Wildman–Crippen LogP) is 4.45. The lowest BCUT2D eigenvalue weighted by Gasteiger charge is -2.19. The van der Waals surface area contributed by atoms with Crippen LogP contribution in [0.25, 0.3) is 21.9 Å². The highest BCUT2D eigenvalue weighted by Crippen LogP contribution is 2.27. The minimum atomic E-state index is -0.204. The molecular weight excluding hydrogens is 404 g/mol. The van der Waals surface area contributed by atoms with Gasteiger partial charge in [0.05, 0.1) is 29.2 Å². The van der Waals surface area contributed by atoms with Crippen molar-refractivity contribution in [1.82, 2.24) is 19.9 Å². The zero-order valence-electron chi connectivity index (χ0n) is 18.8. The van der Waals surface area contributed by atoms with E-state index in [4.69, 9.17) is 9.47 Å². The number of amides is 1. The first-order chi connectivity index (χ1) is 15.5. The van der Waals surface area contributed by atoms with Crippen LogP contribution < -0.4 is 10.1 Å². The second kappa shape index (κ2) is 9.87. The molecule has 0 fully saturated rings. The van der Waals surface area contributed by atoms with E-state index in [0.717, 1.165) is 40.7 Å². The number of benzene rings is 2. The van der Waals surface area contributed by atoms with E-state index in [1.807, 2.05) is 54.7 Å². The molecule has 0 bridgehead atoms. The third-order valence-corrected chi connectivity index (χ3v) is 5.45. The van der Waals surface area contributed by atoms with E-state index in [-0.39, 0.29) is 18.6 Å². The Bertz CT molecular complexity index is 1160. The number of para-hydroxylation sites is 2. The molecule has 0 spiro atoms. The lowest BCUT2D eigenvalue weighted by Crippen LogP contribution is -2.34. The maximum atomic E-state index is 12.8. The molecule has 7 heteroatoms. The van der Waals surface area contributed by atoms with E-state index in [2.05, 4.69) is 33.7 Å². The molecule has 2 aromatic heterocycles. The molecule has 2 aromatic carbocycles. The average molecular weight is 435 g/mol. The number of fused-ring (bicyclic) bond motifs is 2. The van der Waals surface area contributed by atoms with Crippen molar-refractivity contribution in [3.05, 3.63) is 60.6 Å². The number of carbonyl (C=O) groups is 1. The van der Waals surface area contributed by atoms with Gasteiger partial charge in [-0.05, 0) is 42.7 Å². The van der Waals surface area contributed by atoms with Crippen LogP contribution in [0.5, 0.6) is 5.75 Å². The van der Waals surface area contributed by atoms with E-state index in [1.165, 1.54) is 0 Å². The Morgan fingerprint density at radius 3 is 2.78 bits per heavy atom. The molecule has 0 saturated heterocycles. The summed E-state index contributed by atoms with van der Waals surface area (Å²) in [5.41, 5.74) is 2.91. The zero-order valence-corrected chi connectivity index (χ0v) is 18.8. The van der Waals surface area contributed by atoms with Gasteiger partial charge in [-0.1, -0.05) is 32.0 Å². The minimum absolute atomic E-state index is 0.0583. The Morgan fingerprint density at radius 2 is 2.00 bits per heavy atom. The molecule has 32 heavy (non-hydrogen) atoms. The summed E-state index contributed by atoms with van der Waals surface area (Å²) in [5, 5.41) is 4.08. The van der Waals surface area contributed by atoms with Gasteiger partial charge in [-0.25, -0.2) is 4.98 Å². The number of imidazole rings is 1. The van der Waals surface area contributed by atoms with E-state index in [0.29, 0.717) is 18.3 Å². The molecule has 2 N–H and O–H groups in total. The van der Waals surface area contributed by atoms with Crippen LogP contribution in [0.1, 0.15) is 32.1 Å². The van der Waals surface area contributed by atoms with Gasteiger partial charge in [0.25, 0.3) is 5.91 Å². The normalized spacial score (nSPS) is 12.5. The van der Waals surface area contributed by atoms with Gasteiger partial charge >= 0.3 is 0 Å². The van der Waals surface area contributed by atoms with E-state index in [9.17, 15) is 4.79 Å². The Labute approximate surface area is 187 Å². The smallest absolute Gasteiger partial charge is 0.258 e. The average Bonchev–Trinajstić information content (AvgIpc) is 3.40. The summed E-state index contributed by atoms with van der Waals surface area (Å²) in [5.74, 6) is 1.69. The summed E-state index contributed by atoms with van der Waals surface area (Å²) >= 11 is 0. The number of nitrogens with one attached hydrogen (secondary N) is 2. The second-order valence-electron chi connectivity index (χ2n) is 8.37. The van der Waals surface area contributed by atoms with Crippen molar-refractivity contribution in [3.63, 3.8) is 0 Å². The van der Waals surface area contributed by atoms with Gasteiger partial charge in [0.15, 0.2) is 6.61 Å². The number of hydrogen-bond donors (Lipinski definition) is 2. The standard InChI is InChI=1S/C25H30N4O3/c1-17(2)15-21(25-27-19-7-4-5-8-20(19)28-25)26-24(30)16-32-23-10-6-9-22-18(23)11-12-29(22)13-14-31-3/h4-12,17,21H,13-16H2,1-3H3,(H,26,30)(H,27,28). The topological polar surface area (TPSA) is 81.2 Å². The number of ether oxygens (including phenoxy) is 2. The fourth-order valence-corrected chi connectivity index (χ4v) is 3.93. The van der Waals surface area contributed by atoms with Crippen molar-refractivity contribution in [1.29, 1.82) is 0 Å². The van der Waals surface area contributed by atoms with Gasteiger partial charge in [-0.15, -0.1) is 0 Å². The van der Waals surface area contributed by atoms with E-state index < -0.39 is 0 Å². The van der Waals surface area contributed by atoms with Gasteiger partial charge in [0.1, 0.15) is 11.6 Å². The molecule has 1 amide bonds. The SMILES string of the molecule is COCCn1ccc2c(OCC(=O)NC(CC(C)C)c3nc4ccccc4[nH]3)cccc21. The molecule has 0 saturated carbocycles. The largest absolute Gasteiger partial charge is 0.483 e. The molecule has 168 valence electrons. The van der Waals surface area contributed by atoms with Gasteiger partial charge in [0, 0.05) is 25.2 Å². The highest BCUT2D eigenvalue weighted by molar-refractivity contribution is 5.87. The van der Waals surface area contributed by atoms with Crippen LogP contribution in [-0.4, -0.2) is 40.8 Å². The van der Waals surface area contributed by atoms with E-state index >= 15 is 0 Å². The van der Waals surface area contributed by atoms with Crippen LogP contribution >= 0.6 is 0 Å². The third kappa shape index (κ3) is 4.94. The number of H-pyrrole nitrogens is 1. The summed E-state index contributed by atoms with van der Waals surface area (Å²) in [6.07, 6.45) is 2.79. The molecule has 0 radical (unpaired) electrons. The highest BCUT2D eigenvalue weighted by Gasteiger charge is 2.20. The highest BCUT2D eigenvalue weighted by atomic mass is 16.5. The number of methoxy groups -OCH3 is 1. The fourth-order valence-electron chi connectivity index (χ4n) is 3.93. The van der Waals surface area contributed by atoms with Crippen molar-refractivity contribution in [3.8, 4) is 5.75 Å². The molecule has 1 atom stereocenters. The third-order valence-electron chi connectivity index (χ3n) is 5.45. The molecule has 2 heterocycles. The van der Waals surface area contributed by atoms with Crippen molar-refractivity contribution >= 4 is 27.8 Å². The molecular formula is C25H30N4O3.